The average Bonchev–Trinajstić information content (AvgIpc) is 3.17. The first kappa shape index (κ1) is 24.1. The van der Waals surface area contributed by atoms with Gasteiger partial charge in [-0.1, -0.05) is 60.7 Å². The summed E-state index contributed by atoms with van der Waals surface area (Å²) in [6, 6.07) is 18.2. The second-order valence-electron chi connectivity index (χ2n) is 7.89. The van der Waals surface area contributed by atoms with Crippen LogP contribution in [-0.4, -0.2) is 45.1 Å². The van der Waals surface area contributed by atoms with E-state index in [2.05, 4.69) is 4.74 Å². The zero-order valence-electron chi connectivity index (χ0n) is 18.6. The van der Waals surface area contributed by atoms with E-state index in [1.54, 1.807) is 0 Å². The van der Waals surface area contributed by atoms with Crippen molar-refractivity contribution in [3.8, 4) is 16.9 Å². The van der Waals surface area contributed by atoms with Gasteiger partial charge in [-0.15, -0.1) is 0 Å². The molecule has 0 bridgehead atoms. The highest BCUT2D eigenvalue weighted by molar-refractivity contribution is 5.86. The number of esters is 1. The third kappa shape index (κ3) is 4.92. The Kier molecular flexibility index (Phi) is 6.77. The van der Waals surface area contributed by atoms with Gasteiger partial charge in [0.05, 0.1) is 0 Å². The molecule has 3 aromatic rings. The molecule has 0 aromatic heterocycles. The van der Waals surface area contributed by atoms with Crippen LogP contribution >= 0.6 is 0 Å². The summed E-state index contributed by atoms with van der Waals surface area (Å²) >= 11 is 0. The van der Waals surface area contributed by atoms with Gasteiger partial charge in [-0.2, -0.15) is 0 Å². The van der Waals surface area contributed by atoms with Crippen LogP contribution in [0.1, 0.15) is 22.6 Å². The van der Waals surface area contributed by atoms with Crippen molar-refractivity contribution < 1.29 is 34.2 Å². The second kappa shape index (κ2) is 10.1. The number of benzene rings is 3. The Morgan fingerprint density at radius 2 is 1.42 bits per heavy atom. The normalized spacial score (nSPS) is 12.7. The fourth-order valence-corrected chi connectivity index (χ4v) is 4.17. The number of phenols is 1. The van der Waals surface area contributed by atoms with Crippen LogP contribution in [0.2, 0.25) is 0 Å². The summed E-state index contributed by atoms with van der Waals surface area (Å²) in [5, 5.41) is 28.6. The lowest BCUT2D eigenvalue weighted by Crippen LogP contribution is -2.50. The van der Waals surface area contributed by atoms with Gasteiger partial charge in [0.2, 0.25) is 10.1 Å². The van der Waals surface area contributed by atoms with Gasteiger partial charge in [0, 0.05) is 12.3 Å². The van der Waals surface area contributed by atoms with Crippen molar-refractivity contribution in [3.05, 3.63) is 110 Å². The molecular weight excluding hydrogens is 474 g/mol. The maximum atomic E-state index is 12.6. The largest absolute Gasteiger partial charge is 0.516 e. The number of hydrogen-bond donors (Lipinski definition) is 1. The minimum Gasteiger partial charge on any atom is -0.508 e. The number of aromatic hydroxyl groups is 1. The summed E-state index contributed by atoms with van der Waals surface area (Å²) in [5.41, 5.74) is 4.03. The summed E-state index contributed by atoms with van der Waals surface area (Å²) in [6.45, 7) is -0.184. The van der Waals surface area contributed by atoms with Crippen molar-refractivity contribution in [1.29, 1.82) is 0 Å². The molecule has 0 fully saturated rings. The molecule has 0 radical (unpaired) electrons. The number of nitrogens with zero attached hydrogens (tertiary/aromatic N) is 3. The van der Waals surface area contributed by atoms with E-state index < -0.39 is 39.8 Å². The minimum atomic E-state index is -2.08. The van der Waals surface area contributed by atoms with Gasteiger partial charge in [0.15, 0.2) is 5.12 Å². The molecule has 0 spiro atoms. The third-order valence-electron chi connectivity index (χ3n) is 5.77. The highest BCUT2D eigenvalue weighted by atomic mass is 16.8. The number of carbonyl (C=O) groups is 2. The number of nitro groups is 2. The van der Waals surface area contributed by atoms with Gasteiger partial charge < -0.3 is 14.6 Å². The standard InChI is InChI=1S/C24H19N3O9/c28-16-11-9-15(10-12-16)13-22(25(26(31)32)27(33)34)23(29)36-24(30)35-14-21-19-7-3-1-5-17(19)18-6-2-4-8-20(18)21/h1-12,21-22,28H,13-14H2/t22-/m0/s1. The summed E-state index contributed by atoms with van der Waals surface area (Å²) in [7, 11) is 0. The third-order valence-corrected chi connectivity index (χ3v) is 5.77. The molecule has 4 rings (SSSR count). The second-order valence-corrected chi connectivity index (χ2v) is 7.89. The van der Waals surface area contributed by atoms with Crippen LogP contribution in [0.15, 0.2) is 72.8 Å². The Bertz CT molecular complexity index is 1270. The van der Waals surface area contributed by atoms with Crippen LogP contribution in [0, 0.1) is 20.2 Å². The zero-order chi connectivity index (χ0) is 25.8. The number of hydrogen-bond acceptors (Lipinski definition) is 9. The molecule has 0 aliphatic heterocycles. The van der Waals surface area contributed by atoms with E-state index in [1.165, 1.54) is 24.3 Å². The van der Waals surface area contributed by atoms with Gasteiger partial charge in [0.25, 0.3) is 6.04 Å². The molecular formula is C24H19N3O9. The van der Waals surface area contributed by atoms with Crippen molar-refractivity contribution in [2.75, 3.05) is 6.61 Å². The van der Waals surface area contributed by atoms with Gasteiger partial charge in [-0.3, -0.25) is 0 Å². The van der Waals surface area contributed by atoms with Crippen LogP contribution < -0.4 is 0 Å². The minimum absolute atomic E-state index is 0.114. The molecule has 184 valence electrons. The Labute approximate surface area is 203 Å². The first-order valence-corrected chi connectivity index (χ1v) is 10.7. The SMILES string of the molecule is O=C(OCC1c2ccccc2-c2ccccc21)OC(=O)[C@H](Cc1ccc(O)cc1)N([N+](=O)[O-])[N+](=O)[O-]. The molecule has 0 saturated carbocycles. The van der Waals surface area contributed by atoms with Crippen molar-refractivity contribution in [2.24, 2.45) is 0 Å². The highest BCUT2D eigenvalue weighted by Gasteiger charge is 2.45. The fraction of sp³-hybridized carbons (Fsp3) is 0.167. The summed E-state index contributed by atoms with van der Waals surface area (Å²) in [4.78, 5) is 47.5. The number of rotatable bonds is 8. The smallest absolute Gasteiger partial charge is 0.508 e. The van der Waals surface area contributed by atoms with E-state index in [4.69, 9.17) is 4.74 Å². The maximum Gasteiger partial charge on any atom is 0.516 e. The molecule has 1 aliphatic carbocycles. The molecule has 0 saturated heterocycles. The quantitative estimate of drug-likeness (QED) is 0.213. The van der Waals surface area contributed by atoms with E-state index in [0.29, 0.717) is 0 Å². The Morgan fingerprint density at radius 3 is 1.94 bits per heavy atom. The van der Waals surface area contributed by atoms with Gasteiger partial charge in [0.1, 0.15) is 12.4 Å². The van der Waals surface area contributed by atoms with Crippen LogP contribution in [0.25, 0.3) is 11.1 Å². The lowest BCUT2D eigenvalue weighted by Gasteiger charge is -2.16. The highest BCUT2D eigenvalue weighted by Crippen LogP contribution is 2.44. The van der Waals surface area contributed by atoms with Gasteiger partial charge in [-0.25, -0.2) is 29.8 Å². The van der Waals surface area contributed by atoms with Crippen molar-refractivity contribution in [3.63, 3.8) is 0 Å². The maximum absolute atomic E-state index is 12.6. The molecule has 0 unspecified atom stereocenters. The Morgan fingerprint density at radius 1 is 0.889 bits per heavy atom. The molecule has 0 amide bonds. The predicted octanol–water partition coefficient (Wildman–Crippen LogP) is 3.48. The Hall–Kier alpha value is -5.00. The van der Waals surface area contributed by atoms with E-state index in [-0.39, 0.29) is 23.8 Å². The van der Waals surface area contributed by atoms with E-state index in [9.17, 15) is 34.9 Å². The first-order valence-electron chi connectivity index (χ1n) is 10.7. The number of fused-ring (bicyclic) bond motifs is 3. The molecule has 1 atom stereocenters. The van der Waals surface area contributed by atoms with E-state index in [1.807, 2.05) is 48.5 Å². The first-order chi connectivity index (χ1) is 17.3. The number of carbonyl (C=O) groups excluding carboxylic acids is 2. The monoisotopic (exact) mass is 493 g/mol. The summed E-state index contributed by atoms with van der Waals surface area (Å²) < 4.78 is 9.78. The van der Waals surface area contributed by atoms with Crippen molar-refractivity contribution in [1.82, 2.24) is 5.12 Å². The fourth-order valence-electron chi connectivity index (χ4n) is 4.17. The molecule has 1 N–H and O–H groups in total. The number of hydrazine groups is 2. The zero-order valence-corrected chi connectivity index (χ0v) is 18.6. The van der Waals surface area contributed by atoms with Crippen LogP contribution in [0.5, 0.6) is 5.75 Å². The molecule has 36 heavy (non-hydrogen) atoms. The molecule has 12 nitrogen and oxygen atoms in total. The van der Waals surface area contributed by atoms with E-state index >= 15 is 0 Å². The Balaban J connectivity index is 1.48. The van der Waals surface area contributed by atoms with Crippen molar-refractivity contribution in [2.45, 2.75) is 18.4 Å². The number of phenolic OH excluding ortho intramolecular Hbond substituents is 1. The van der Waals surface area contributed by atoms with Crippen molar-refractivity contribution >= 4 is 12.1 Å². The van der Waals surface area contributed by atoms with Crippen LogP contribution in [0.4, 0.5) is 4.79 Å². The van der Waals surface area contributed by atoms with E-state index in [0.717, 1.165) is 22.3 Å². The molecule has 12 heteroatoms. The molecule has 1 aliphatic rings. The summed E-state index contributed by atoms with van der Waals surface area (Å²) in [6.07, 6.45) is -1.98. The van der Waals surface area contributed by atoms with Gasteiger partial charge in [-0.05, 0) is 39.9 Å². The molecule has 0 heterocycles. The van der Waals surface area contributed by atoms with Gasteiger partial charge >= 0.3 is 12.1 Å². The topological polar surface area (TPSA) is 162 Å². The molecule has 3 aromatic carbocycles. The lowest BCUT2D eigenvalue weighted by atomic mass is 9.98. The van der Waals surface area contributed by atoms with Crippen LogP contribution in [-0.2, 0) is 20.7 Å². The predicted molar refractivity (Wildman–Crippen MR) is 123 cm³/mol. The van der Waals surface area contributed by atoms with Crippen LogP contribution in [0.3, 0.4) is 0 Å². The lowest BCUT2D eigenvalue weighted by molar-refractivity contribution is -0.912. The summed E-state index contributed by atoms with van der Waals surface area (Å²) in [5.74, 6) is -1.98. The average molecular weight is 493 g/mol. The number of ether oxygens (including phenoxy) is 2.